The molecule has 0 atom stereocenters. The van der Waals surface area contributed by atoms with Gasteiger partial charge in [0.15, 0.2) is 0 Å². The maximum Gasteiger partial charge on any atom is 0.244 e. The Hall–Kier alpha value is -0.440. The summed E-state index contributed by atoms with van der Waals surface area (Å²) in [6.07, 6.45) is 17.6. The number of hydrogen-bond acceptors (Lipinski definition) is 1. The first kappa shape index (κ1) is 16.6. The van der Waals surface area contributed by atoms with Crippen LogP contribution in [0, 0.1) is 0 Å². The van der Waals surface area contributed by atoms with Crippen molar-refractivity contribution < 1.29 is 4.57 Å². The molecule has 0 amide bonds. The van der Waals surface area contributed by atoms with Gasteiger partial charge in [-0.25, -0.2) is 9.13 Å². The zero-order valence-corrected chi connectivity index (χ0v) is 13.6. The summed E-state index contributed by atoms with van der Waals surface area (Å²) in [5.74, 6) is 2.38. The molecule has 0 unspecified atom stereocenters. The molecule has 1 heterocycles. The van der Waals surface area contributed by atoms with Crippen LogP contribution in [0.4, 0.5) is 0 Å². The smallest absolute Gasteiger partial charge is 0.237 e. The fourth-order valence-corrected chi connectivity index (χ4v) is 3.12. The number of imidazole rings is 1. The standard InChI is InChI=1S/C16H31N2S/c1-3-5-7-8-9-10-11-17-12-13-18(15-17)16-19-14-6-4-2/h12-13,15H,3-11,14,16H2,1-2H3/q+1. The van der Waals surface area contributed by atoms with E-state index < -0.39 is 0 Å². The van der Waals surface area contributed by atoms with Crippen LogP contribution in [0.25, 0.3) is 0 Å². The number of aryl methyl sites for hydroxylation is 1. The Bertz CT molecular complexity index is 309. The average Bonchev–Trinajstić information content (AvgIpc) is 2.87. The molecule has 0 spiro atoms. The lowest BCUT2D eigenvalue weighted by molar-refractivity contribution is -0.675. The summed E-state index contributed by atoms with van der Waals surface area (Å²) in [6, 6.07) is 0. The third-order valence-corrected chi connectivity index (χ3v) is 4.46. The highest BCUT2D eigenvalue weighted by Gasteiger charge is 2.03. The lowest BCUT2D eigenvalue weighted by Gasteiger charge is -1.99. The Labute approximate surface area is 123 Å². The Morgan fingerprint density at radius 1 is 0.947 bits per heavy atom. The minimum Gasteiger partial charge on any atom is -0.237 e. The molecule has 3 heteroatoms. The lowest BCUT2D eigenvalue weighted by atomic mass is 10.1. The van der Waals surface area contributed by atoms with Gasteiger partial charge in [-0.1, -0.05) is 46.0 Å². The van der Waals surface area contributed by atoms with Crippen molar-refractivity contribution in [2.45, 2.75) is 77.6 Å². The summed E-state index contributed by atoms with van der Waals surface area (Å²) in [5.41, 5.74) is 0. The van der Waals surface area contributed by atoms with Crippen LogP contribution < -0.4 is 4.57 Å². The molecule has 0 bridgehead atoms. The van der Waals surface area contributed by atoms with Gasteiger partial charge >= 0.3 is 0 Å². The summed E-state index contributed by atoms with van der Waals surface area (Å²) in [7, 11) is 0. The van der Waals surface area contributed by atoms with E-state index in [2.05, 4.69) is 41.7 Å². The first-order valence-corrected chi connectivity index (χ1v) is 9.14. The van der Waals surface area contributed by atoms with Crippen molar-refractivity contribution in [2.24, 2.45) is 0 Å². The van der Waals surface area contributed by atoms with Crippen molar-refractivity contribution in [2.75, 3.05) is 5.75 Å². The van der Waals surface area contributed by atoms with Gasteiger partial charge in [0.25, 0.3) is 0 Å². The van der Waals surface area contributed by atoms with Crippen LogP contribution in [0.2, 0.25) is 0 Å². The first-order chi connectivity index (χ1) is 9.36. The summed E-state index contributed by atoms with van der Waals surface area (Å²) in [4.78, 5) is 0. The Balaban J connectivity index is 2.06. The molecule has 2 nitrogen and oxygen atoms in total. The third-order valence-electron chi connectivity index (χ3n) is 3.40. The maximum atomic E-state index is 2.33. The summed E-state index contributed by atoms with van der Waals surface area (Å²) in [5, 5.41) is 0. The lowest BCUT2D eigenvalue weighted by Crippen LogP contribution is -2.29. The Morgan fingerprint density at radius 2 is 1.68 bits per heavy atom. The molecule has 0 aliphatic heterocycles. The fraction of sp³-hybridized carbons (Fsp3) is 0.812. The van der Waals surface area contributed by atoms with E-state index in [4.69, 9.17) is 0 Å². The largest absolute Gasteiger partial charge is 0.244 e. The predicted molar refractivity (Wildman–Crippen MR) is 85.4 cm³/mol. The van der Waals surface area contributed by atoms with Gasteiger partial charge in [0.05, 0.1) is 6.54 Å². The number of unbranched alkanes of at least 4 members (excludes halogenated alkanes) is 6. The Morgan fingerprint density at radius 3 is 2.47 bits per heavy atom. The molecular formula is C16H31N2S+. The molecule has 1 aromatic heterocycles. The number of hydrogen-bond donors (Lipinski definition) is 0. The van der Waals surface area contributed by atoms with Crippen molar-refractivity contribution >= 4 is 11.8 Å². The van der Waals surface area contributed by atoms with Gasteiger partial charge in [-0.15, -0.1) is 11.8 Å². The second-order valence-corrected chi connectivity index (χ2v) is 6.40. The molecular weight excluding hydrogens is 252 g/mol. The van der Waals surface area contributed by atoms with Gasteiger partial charge in [0, 0.05) is 0 Å². The molecule has 110 valence electrons. The highest BCUT2D eigenvalue weighted by atomic mass is 32.2. The van der Waals surface area contributed by atoms with Gasteiger partial charge in [0.2, 0.25) is 6.33 Å². The second-order valence-electron chi connectivity index (χ2n) is 5.32. The van der Waals surface area contributed by atoms with Crippen LogP contribution >= 0.6 is 11.8 Å². The van der Waals surface area contributed by atoms with Gasteiger partial charge in [-0.2, -0.15) is 0 Å². The monoisotopic (exact) mass is 283 g/mol. The van der Waals surface area contributed by atoms with Crippen LogP contribution in [-0.4, -0.2) is 10.3 Å². The molecule has 19 heavy (non-hydrogen) atoms. The van der Waals surface area contributed by atoms with E-state index in [0.29, 0.717) is 0 Å². The van der Waals surface area contributed by atoms with Crippen molar-refractivity contribution in [3.05, 3.63) is 18.7 Å². The van der Waals surface area contributed by atoms with Crippen LogP contribution in [0.3, 0.4) is 0 Å². The normalized spacial score (nSPS) is 11.1. The van der Waals surface area contributed by atoms with E-state index in [9.17, 15) is 0 Å². The molecule has 0 aromatic carbocycles. The number of nitrogens with zero attached hydrogens (tertiary/aromatic N) is 2. The van der Waals surface area contributed by atoms with Gasteiger partial charge in [0.1, 0.15) is 18.3 Å². The minimum absolute atomic E-state index is 1.10. The number of rotatable bonds is 12. The molecule has 0 aliphatic carbocycles. The van der Waals surface area contributed by atoms with Gasteiger partial charge in [-0.05, 0) is 25.0 Å². The topological polar surface area (TPSA) is 8.81 Å². The second kappa shape index (κ2) is 11.4. The zero-order chi connectivity index (χ0) is 13.8. The molecule has 1 aromatic rings. The average molecular weight is 284 g/mol. The quantitative estimate of drug-likeness (QED) is 0.401. The van der Waals surface area contributed by atoms with Gasteiger partial charge in [-0.3, -0.25) is 0 Å². The fourth-order valence-electron chi connectivity index (χ4n) is 2.14. The van der Waals surface area contributed by atoms with E-state index in [1.807, 2.05) is 11.8 Å². The predicted octanol–water partition coefficient (Wildman–Crippen LogP) is 4.63. The zero-order valence-electron chi connectivity index (χ0n) is 12.8. The van der Waals surface area contributed by atoms with Crippen LogP contribution in [0.5, 0.6) is 0 Å². The molecule has 0 saturated heterocycles. The third kappa shape index (κ3) is 8.35. The van der Waals surface area contributed by atoms with Crippen LogP contribution in [-0.2, 0) is 12.4 Å². The van der Waals surface area contributed by atoms with Crippen molar-refractivity contribution in [3.63, 3.8) is 0 Å². The van der Waals surface area contributed by atoms with E-state index in [0.717, 1.165) is 5.88 Å². The molecule has 0 saturated carbocycles. The van der Waals surface area contributed by atoms with Crippen molar-refractivity contribution in [1.29, 1.82) is 0 Å². The van der Waals surface area contributed by atoms with Crippen LogP contribution in [0.15, 0.2) is 18.7 Å². The highest BCUT2D eigenvalue weighted by molar-refractivity contribution is 7.98. The SMILES string of the molecule is CCCCCCCCn1cc[n+](CSCCCC)c1. The molecule has 0 fully saturated rings. The van der Waals surface area contributed by atoms with E-state index in [-0.39, 0.29) is 0 Å². The molecule has 1 rings (SSSR count). The summed E-state index contributed by atoms with van der Waals surface area (Å²) in [6.45, 7) is 5.71. The number of aromatic nitrogens is 2. The highest BCUT2D eigenvalue weighted by Crippen LogP contribution is 2.06. The van der Waals surface area contributed by atoms with E-state index >= 15 is 0 Å². The molecule has 0 aliphatic rings. The van der Waals surface area contributed by atoms with E-state index in [1.165, 1.54) is 63.7 Å². The first-order valence-electron chi connectivity index (χ1n) is 7.99. The van der Waals surface area contributed by atoms with Gasteiger partial charge < -0.3 is 0 Å². The van der Waals surface area contributed by atoms with E-state index in [1.54, 1.807) is 0 Å². The Kier molecular flexibility index (Phi) is 9.96. The number of thioether (sulfide) groups is 1. The maximum absolute atomic E-state index is 2.33. The minimum atomic E-state index is 1.10. The summed E-state index contributed by atoms with van der Waals surface area (Å²) < 4.78 is 4.64. The molecule has 0 radical (unpaired) electrons. The summed E-state index contributed by atoms with van der Waals surface area (Å²) >= 11 is 2.03. The molecule has 0 N–H and O–H groups in total. The van der Waals surface area contributed by atoms with Crippen molar-refractivity contribution in [3.8, 4) is 0 Å². The van der Waals surface area contributed by atoms with Crippen molar-refractivity contribution in [1.82, 2.24) is 4.57 Å². The van der Waals surface area contributed by atoms with Crippen LogP contribution in [0.1, 0.15) is 65.2 Å².